The highest BCUT2D eigenvalue weighted by Crippen LogP contribution is 2.18. The quantitative estimate of drug-likeness (QED) is 0.685. The Balaban J connectivity index is 1.90. The monoisotopic (exact) mass is 291 g/mol. The van der Waals surface area contributed by atoms with Gasteiger partial charge in [0.15, 0.2) is 0 Å². The summed E-state index contributed by atoms with van der Waals surface area (Å²) in [7, 11) is 0. The topological polar surface area (TPSA) is 30.7 Å². The molecule has 0 fully saturated rings. The van der Waals surface area contributed by atoms with Gasteiger partial charge in [-0.05, 0) is 19.1 Å². The molecular weight excluding hydrogens is 278 g/mol. The predicted molar refractivity (Wildman–Crippen MR) is 79.8 cm³/mol. The molecule has 3 rings (SSSR count). The Kier molecular flexibility index (Phi) is 3.53. The van der Waals surface area contributed by atoms with E-state index in [4.69, 9.17) is 11.6 Å². The number of aryl methyl sites for hydroxylation is 3. The number of imidazole rings is 1. The fourth-order valence-corrected chi connectivity index (χ4v) is 3.08. The Morgan fingerprint density at radius 1 is 1.26 bits per heavy atom. The molecule has 19 heavy (non-hydrogen) atoms. The van der Waals surface area contributed by atoms with Crippen LogP contribution < -0.4 is 0 Å². The van der Waals surface area contributed by atoms with Crippen LogP contribution in [0.15, 0.2) is 29.6 Å². The molecule has 2 heterocycles. The number of nitrogens with zero attached hydrogens (tertiary/aromatic N) is 3. The zero-order valence-corrected chi connectivity index (χ0v) is 12.2. The molecule has 0 amide bonds. The van der Waals surface area contributed by atoms with E-state index in [0.717, 1.165) is 40.5 Å². The largest absolute Gasteiger partial charge is 0.327 e. The highest BCUT2D eigenvalue weighted by molar-refractivity contribution is 7.09. The van der Waals surface area contributed by atoms with Crippen LogP contribution in [-0.4, -0.2) is 14.5 Å². The highest BCUT2D eigenvalue weighted by Gasteiger charge is 2.09. The molecule has 3 nitrogen and oxygen atoms in total. The Labute approximate surface area is 120 Å². The van der Waals surface area contributed by atoms with Crippen molar-refractivity contribution in [2.24, 2.45) is 0 Å². The first-order valence-corrected chi connectivity index (χ1v) is 7.60. The van der Waals surface area contributed by atoms with E-state index < -0.39 is 0 Å². The molecule has 0 saturated heterocycles. The normalized spacial score (nSPS) is 11.3. The Hall–Kier alpha value is -1.39. The van der Waals surface area contributed by atoms with Gasteiger partial charge in [0, 0.05) is 18.3 Å². The molecule has 0 aliphatic rings. The fraction of sp³-hybridized carbons (Fsp3) is 0.286. The number of thiazole rings is 1. The van der Waals surface area contributed by atoms with Crippen LogP contribution in [0.5, 0.6) is 0 Å². The molecule has 0 unspecified atom stereocenters. The number of para-hydroxylation sites is 2. The Morgan fingerprint density at radius 2 is 2.11 bits per heavy atom. The first-order chi connectivity index (χ1) is 9.28. The van der Waals surface area contributed by atoms with E-state index in [2.05, 4.69) is 26.0 Å². The van der Waals surface area contributed by atoms with Gasteiger partial charge in [0.2, 0.25) is 0 Å². The van der Waals surface area contributed by atoms with E-state index in [-0.39, 0.29) is 0 Å². The van der Waals surface area contributed by atoms with Crippen LogP contribution in [0, 0.1) is 6.92 Å². The third kappa shape index (κ3) is 2.51. The number of rotatable bonds is 4. The maximum Gasteiger partial charge on any atom is 0.124 e. The van der Waals surface area contributed by atoms with E-state index in [1.54, 1.807) is 11.3 Å². The summed E-state index contributed by atoms with van der Waals surface area (Å²) in [5, 5.41) is 3.23. The van der Waals surface area contributed by atoms with Crippen LogP contribution in [0.1, 0.15) is 16.5 Å². The molecule has 98 valence electrons. The lowest BCUT2D eigenvalue weighted by Gasteiger charge is -2.06. The number of fused-ring (bicyclic) bond motifs is 1. The molecule has 0 radical (unpaired) electrons. The highest BCUT2D eigenvalue weighted by atomic mass is 35.5. The maximum absolute atomic E-state index is 5.99. The SMILES string of the molecule is Cc1nc(CCn2c(CCl)nc3ccccc32)cs1. The second-order valence-corrected chi connectivity index (χ2v) is 5.74. The number of benzene rings is 1. The van der Waals surface area contributed by atoms with Crippen LogP contribution in [-0.2, 0) is 18.8 Å². The van der Waals surface area contributed by atoms with Crippen molar-refractivity contribution in [3.8, 4) is 0 Å². The van der Waals surface area contributed by atoms with Gasteiger partial charge in [0.25, 0.3) is 0 Å². The zero-order valence-electron chi connectivity index (χ0n) is 10.6. The average Bonchev–Trinajstić information content (AvgIpc) is 2.99. The minimum absolute atomic E-state index is 0.435. The lowest BCUT2D eigenvalue weighted by Crippen LogP contribution is -2.05. The molecule has 0 aliphatic heterocycles. The molecule has 0 spiro atoms. The zero-order chi connectivity index (χ0) is 13.2. The Morgan fingerprint density at radius 3 is 2.84 bits per heavy atom. The van der Waals surface area contributed by atoms with Gasteiger partial charge >= 0.3 is 0 Å². The first kappa shape index (κ1) is 12.6. The lowest BCUT2D eigenvalue weighted by molar-refractivity contribution is 0.680. The molecule has 0 saturated carbocycles. The van der Waals surface area contributed by atoms with E-state index in [9.17, 15) is 0 Å². The molecule has 0 aliphatic carbocycles. The number of aromatic nitrogens is 3. The number of halogens is 1. The van der Waals surface area contributed by atoms with Crippen LogP contribution in [0.4, 0.5) is 0 Å². The summed E-state index contributed by atoms with van der Waals surface area (Å²) in [6.07, 6.45) is 0.911. The summed E-state index contributed by atoms with van der Waals surface area (Å²) in [4.78, 5) is 9.06. The van der Waals surface area contributed by atoms with Crippen molar-refractivity contribution < 1.29 is 0 Å². The predicted octanol–water partition coefficient (Wildman–Crippen LogP) is 3.78. The van der Waals surface area contributed by atoms with Gasteiger partial charge in [0.1, 0.15) is 5.82 Å². The van der Waals surface area contributed by atoms with Gasteiger partial charge in [-0.3, -0.25) is 0 Å². The standard InChI is InChI=1S/C14H14ClN3S/c1-10-16-11(9-19-10)6-7-18-13-5-3-2-4-12(13)17-14(18)8-15/h2-5,9H,6-8H2,1H3. The Bertz CT molecular complexity index is 702. The van der Waals surface area contributed by atoms with Crippen molar-refractivity contribution >= 4 is 34.0 Å². The lowest BCUT2D eigenvalue weighted by atomic mass is 10.3. The third-order valence-corrected chi connectivity index (χ3v) is 4.17. The fourth-order valence-electron chi connectivity index (χ4n) is 2.23. The van der Waals surface area contributed by atoms with Crippen LogP contribution in [0.2, 0.25) is 0 Å². The third-order valence-electron chi connectivity index (χ3n) is 3.11. The molecule has 3 aromatic rings. The summed E-state index contributed by atoms with van der Waals surface area (Å²) in [5.74, 6) is 1.36. The van der Waals surface area contributed by atoms with Gasteiger partial charge in [-0.1, -0.05) is 12.1 Å². The second kappa shape index (κ2) is 5.31. The molecule has 2 aromatic heterocycles. The van der Waals surface area contributed by atoms with Gasteiger partial charge in [0.05, 0.1) is 27.6 Å². The van der Waals surface area contributed by atoms with Crippen molar-refractivity contribution in [1.82, 2.24) is 14.5 Å². The minimum atomic E-state index is 0.435. The van der Waals surface area contributed by atoms with E-state index in [1.807, 2.05) is 25.1 Å². The molecule has 0 atom stereocenters. The molecular formula is C14H14ClN3S. The van der Waals surface area contributed by atoms with Crippen molar-refractivity contribution in [3.05, 3.63) is 46.2 Å². The van der Waals surface area contributed by atoms with E-state index in [1.165, 1.54) is 0 Å². The molecule has 0 N–H and O–H groups in total. The number of hydrogen-bond acceptors (Lipinski definition) is 3. The molecule has 1 aromatic carbocycles. The first-order valence-electron chi connectivity index (χ1n) is 6.19. The van der Waals surface area contributed by atoms with Gasteiger partial charge < -0.3 is 4.57 Å². The van der Waals surface area contributed by atoms with E-state index in [0.29, 0.717) is 5.88 Å². The summed E-state index contributed by atoms with van der Waals surface area (Å²) in [5.41, 5.74) is 3.29. The van der Waals surface area contributed by atoms with Crippen molar-refractivity contribution in [2.75, 3.05) is 0 Å². The summed E-state index contributed by atoms with van der Waals surface area (Å²) >= 11 is 7.69. The van der Waals surface area contributed by atoms with E-state index >= 15 is 0 Å². The van der Waals surface area contributed by atoms with Gasteiger partial charge in [-0.25, -0.2) is 9.97 Å². The summed E-state index contributed by atoms with van der Waals surface area (Å²) < 4.78 is 2.19. The number of hydrogen-bond donors (Lipinski definition) is 0. The summed E-state index contributed by atoms with van der Waals surface area (Å²) in [6.45, 7) is 2.90. The smallest absolute Gasteiger partial charge is 0.124 e. The number of alkyl halides is 1. The van der Waals surface area contributed by atoms with Crippen LogP contribution in [0.25, 0.3) is 11.0 Å². The second-order valence-electron chi connectivity index (χ2n) is 4.41. The minimum Gasteiger partial charge on any atom is -0.327 e. The molecule has 0 bridgehead atoms. The van der Waals surface area contributed by atoms with Crippen molar-refractivity contribution in [1.29, 1.82) is 0 Å². The van der Waals surface area contributed by atoms with Crippen molar-refractivity contribution in [3.63, 3.8) is 0 Å². The average molecular weight is 292 g/mol. The van der Waals surface area contributed by atoms with Crippen molar-refractivity contribution in [2.45, 2.75) is 25.8 Å². The van der Waals surface area contributed by atoms with Crippen LogP contribution in [0.3, 0.4) is 0 Å². The van der Waals surface area contributed by atoms with Gasteiger partial charge in [-0.15, -0.1) is 22.9 Å². The molecule has 5 heteroatoms. The maximum atomic E-state index is 5.99. The van der Waals surface area contributed by atoms with Crippen LogP contribution >= 0.6 is 22.9 Å². The summed E-state index contributed by atoms with van der Waals surface area (Å²) in [6, 6.07) is 8.15. The van der Waals surface area contributed by atoms with Gasteiger partial charge in [-0.2, -0.15) is 0 Å².